The van der Waals surface area contributed by atoms with Gasteiger partial charge in [0.25, 0.3) is 5.91 Å². The van der Waals surface area contributed by atoms with Crippen LogP contribution in [0.1, 0.15) is 23.2 Å². The van der Waals surface area contributed by atoms with Crippen LogP contribution < -0.4 is 21.1 Å². The maximum atomic E-state index is 12.5. The third kappa shape index (κ3) is 4.85. The largest absolute Gasteiger partial charge is 0.494 e. The highest BCUT2D eigenvalue weighted by molar-refractivity contribution is 6.05. The predicted octanol–water partition coefficient (Wildman–Crippen LogP) is 2.03. The van der Waals surface area contributed by atoms with E-state index in [1.807, 2.05) is 0 Å². The Morgan fingerprint density at radius 1 is 1.25 bits per heavy atom. The summed E-state index contributed by atoms with van der Waals surface area (Å²) in [7, 11) is 1.49. The second-order valence-corrected chi connectivity index (χ2v) is 6.58. The molecule has 8 nitrogen and oxygen atoms in total. The molecule has 0 aliphatic carbocycles. The molecule has 1 saturated heterocycles. The van der Waals surface area contributed by atoms with Gasteiger partial charge in [-0.25, -0.2) is 0 Å². The number of rotatable bonds is 6. The van der Waals surface area contributed by atoms with E-state index in [0.29, 0.717) is 35.9 Å². The molecule has 1 atom stereocenters. The molecule has 1 aliphatic rings. The number of ether oxygens (including phenoxy) is 2. The number of benzene rings is 1. The van der Waals surface area contributed by atoms with Crippen molar-refractivity contribution in [2.45, 2.75) is 18.9 Å². The normalized spacial score (nSPS) is 15.5. The van der Waals surface area contributed by atoms with Crippen LogP contribution in [-0.2, 0) is 9.53 Å². The number of nitrogens with one attached hydrogen (secondary N) is 2. The van der Waals surface area contributed by atoms with Gasteiger partial charge in [-0.15, -0.1) is 0 Å². The summed E-state index contributed by atoms with van der Waals surface area (Å²) in [5, 5.41) is 5.60. The van der Waals surface area contributed by atoms with E-state index in [4.69, 9.17) is 15.2 Å². The zero-order valence-electron chi connectivity index (χ0n) is 15.7. The molecule has 8 heteroatoms. The maximum Gasteiger partial charge on any atom is 0.257 e. The van der Waals surface area contributed by atoms with Gasteiger partial charge in [-0.3, -0.25) is 14.6 Å². The molecule has 1 unspecified atom stereocenters. The van der Waals surface area contributed by atoms with Crippen molar-refractivity contribution in [1.82, 2.24) is 4.98 Å². The summed E-state index contributed by atoms with van der Waals surface area (Å²) in [6.07, 6.45) is 4.63. The minimum absolute atomic E-state index is 0.105. The topological polar surface area (TPSA) is 116 Å². The lowest BCUT2D eigenvalue weighted by molar-refractivity contribution is -0.119. The van der Waals surface area contributed by atoms with Crippen molar-refractivity contribution >= 4 is 23.2 Å². The Kier molecular flexibility index (Phi) is 6.57. The van der Waals surface area contributed by atoms with E-state index >= 15 is 0 Å². The van der Waals surface area contributed by atoms with E-state index in [1.165, 1.54) is 13.3 Å². The summed E-state index contributed by atoms with van der Waals surface area (Å²) < 4.78 is 10.7. The molecule has 4 N–H and O–H groups in total. The molecule has 2 aromatic rings. The number of hydrogen-bond acceptors (Lipinski definition) is 6. The molecule has 0 spiro atoms. The molecule has 1 aliphatic heterocycles. The van der Waals surface area contributed by atoms with E-state index < -0.39 is 6.04 Å². The highest BCUT2D eigenvalue weighted by Crippen LogP contribution is 2.29. The molecule has 2 amide bonds. The molecule has 28 heavy (non-hydrogen) atoms. The van der Waals surface area contributed by atoms with Crippen molar-refractivity contribution in [2.75, 3.05) is 31.0 Å². The van der Waals surface area contributed by atoms with Gasteiger partial charge >= 0.3 is 0 Å². The number of nitrogens with zero attached hydrogens (tertiary/aromatic N) is 1. The van der Waals surface area contributed by atoms with Crippen LogP contribution in [0.4, 0.5) is 11.4 Å². The molecule has 1 aromatic carbocycles. The standard InChI is InChI=1S/C20H24N4O4/c1-27-17-11-15(23-20(26)18(21)13-6-9-28-10-7-13)4-5-16(17)24-19(25)14-3-2-8-22-12-14/h2-5,8,11-13,18H,6-7,9-10,21H2,1H3,(H,23,26)(H,24,25). The number of pyridine rings is 1. The van der Waals surface area contributed by atoms with Crippen LogP contribution in [0, 0.1) is 5.92 Å². The highest BCUT2D eigenvalue weighted by atomic mass is 16.5. The van der Waals surface area contributed by atoms with E-state index in [9.17, 15) is 9.59 Å². The first-order chi connectivity index (χ1) is 13.6. The van der Waals surface area contributed by atoms with Gasteiger partial charge in [0, 0.05) is 37.4 Å². The van der Waals surface area contributed by atoms with Crippen molar-refractivity contribution in [3.05, 3.63) is 48.3 Å². The van der Waals surface area contributed by atoms with Crippen LogP contribution >= 0.6 is 0 Å². The summed E-state index contributed by atoms with van der Waals surface area (Å²) in [4.78, 5) is 28.7. The van der Waals surface area contributed by atoms with Gasteiger partial charge in [0.2, 0.25) is 5.91 Å². The van der Waals surface area contributed by atoms with Crippen LogP contribution in [0.25, 0.3) is 0 Å². The lowest BCUT2D eigenvalue weighted by Crippen LogP contribution is -2.44. The SMILES string of the molecule is COc1cc(NC(=O)C(N)C2CCOCC2)ccc1NC(=O)c1cccnc1. The first-order valence-electron chi connectivity index (χ1n) is 9.12. The number of methoxy groups -OCH3 is 1. The Labute approximate surface area is 163 Å². The monoisotopic (exact) mass is 384 g/mol. The van der Waals surface area contributed by atoms with Gasteiger partial charge < -0.3 is 25.8 Å². The fourth-order valence-corrected chi connectivity index (χ4v) is 3.08. The predicted molar refractivity (Wildman–Crippen MR) is 105 cm³/mol. The summed E-state index contributed by atoms with van der Waals surface area (Å²) in [6.45, 7) is 1.26. The quantitative estimate of drug-likeness (QED) is 0.702. The lowest BCUT2D eigenvalue weighted by atomic mass is 9.92. The highest BCUT2D eigenvalue weighted by Gasteiger charge is 2.26. The Balaban J connectivity index is 1.67. The van der Waals surface area contributed by atoms with Crippen LogP contribution in [-0.4, -0.2) is 43.2 Å². The number of carbonyl (C=O) groups is 2. The van der Waals surface area contributed by atoms with Crippen molar-refractivity contribution in [2.24, 2.45) is 11.7 Å². The van der Waals surface area contributed by atoms with E-state index in [2.05, 4.69) is 15.6 Å². The average molecular weight is 384 g/mol. The first-order valence-corrected chi connectivity index (χ1v) is 9.12. The van der Waals surface area contributed by atoms with Crippen molar-refractivity contribution in [3.63, 3.8) is 0 Å². The number of nitrogens with two attached hydrogens (primary N) is 1. The molecular weight excluding hydrogens is 360 g/mol. The minimum Gasteiger partial charge on any atom is -0.494 e. The van der Waals surface area contributed by atoms with Gasteiger partial charge in [0.15, 0.2) is 0 Å². The van der Waals surface area contributed by atoms with Gasteiger partial charge in [-0.05, 0) is 43.0 Å². The summed E-state index contributed by atoms with van der Waals surface area (Å²) in [5.74, 6) is -0.0193. The number of hydrogen-bond donors (Lipinski definition) is 3. The van der Waals surface area contributed by atoms with Crippen molar-refractivity contribution < 1.29 is 19.1 Å². The minimum atomic E-state index is -0.597. The smallest absolute Gasteiger partial charge is 0.257 e. The van der Waals surface area contributed by atoms with Crippen LogP contribution in [0.5, 0.6) is 5.75 Å². The Morgan fingerprint density at radius 3 is 2.71 bits per heavy atom. The number of aromatic nitrogens is 1. The third-order valence-electron chi connectivity index (χ3n) is 4.72. The lowest BCUT2D eigenvalue weighted by Gasteiger charge is -2.26. The van der Waals surface area contributed by atoms with Gasteiger partial charge in [-0.2, -0.15) is 0 Å². The fraction of sp³-hybridized carbons (Fsp3) is 0.350. The van der Waals surface area contributed by atoms with Gasteiger partial charge in [-0.1, -0.05) is 0 Å². The van der Waals surface area contributed by atoms with Crippen molar-refractivity contribution in [1.29, 1.82) is 0 Å². The molecular formula is C20H24N4O4. The average Bonchev–Trinajstić information content (AvgIpc) is 2.75. The Morgan fingerprint density at radius 2 is 2.04 bits per heavy atom. The molecule has 148 valence electrons. The van der Waals surface area contributed by atoms with E-state index in [-0.39, 0.29) is 17.7 Å². The Bertz CT molecular complexity index is 822. The molecule has 1 fully saturated rings. The second kappa shape index (κ2) is 9.29. The zero-order valence-corrected chi connectivity index (χ0v) is 15.7. The Hall–Kier alpha value is -2.97. The summed E-state index contributed by atoms with van der Waals surface area (Å²) in [5.41, 5.74) is 7.58. The number of carbonyl (C=O) groups excluding carboxylic acids is 2. The summed E-state index contributed by atoms with van der Waals surface area (Å²) >= 11 is 0. The molecule has 1 aromatic heterocycles. The van der Waals surface area contributed by atoms with Gasteiger partial charge in [0.05, 0.1) is 24.4 Å². The molecule has 0 bridgehead atoms. The van der Waals surface area contributed by atoms with E-state index in [0.717, 1.165) is 12.8 Å². The van der Waals surface area contributed by atoms with Crippen molar-refractivity contribution in [3.8, 4) is 5.75 Å². The van der Waals surface area contributed by atoms with Crippen LogP contribution in [0.15, 0.2) is 42.7 Å². The molecule has 3 rings (SSSR count). The third-order valence-corrected chi connectivity index (χ3v) is 4.72. The maximum absolute atomic E-state index is 12.5. The molecule has 0 saturated carbocycles. The second-order valence-electron chi connectivity index (χ2n) is 6.58. The number of anilines is 2. The van der Waals surface area contributed by atoms with Gasteiger partial charge in [0.1, 0.15) is 5.75 Å². The fourth-order valence-electron chi connectivity index (χ4n) is 3.08. The first kappa shape index (κ1) is 19.8. The summed E-state index contributed by atoms with van der Waals surface area (Å²) in [6, 6.07) is 7.76. The molecule has 2 heterocycles. The number of amides is 2. The van der Waals surface area contributed by atoms with Crippen LogP contribution in [0.3, 0.4) is 0 Å². The zero-order chi connectivity index (χ0) is 19.9. The van der Waals surface area contributed by atoms with E-state index in [1.54, 1.807) is 36.5 Å². The molecule has 0 radical (unpaired) electrons. The van der Waals surface area contributed by atoms with Crippen LogP contribution in [0.2, 0.25) is 0 Å².